The number of nitrogens with two attached hydrogens (primary N) is 1. The van der Waals surface area contributed by atoms with Gasteiger partial charge in [0, 0.05) is 19.2 Å². The van der Waals surface area contributed by atoms with Crippen LogP contribution in [0.5, 0.6) is 0 Å². The molecule has 1 aromatic heterocycles. The minimum atomic E-state index is 0.556. The highest BCUT2D eigenvalue weighted by molar-refractivity contribution is 5.57. The fraction of sp³-hybridized carbons (Fsp3) is 0.333. The van der Waals surface area contributed by atoms with Gasteiger partial charge in [-0.05, 0) is 5.56 Å². The van der Waals surface area contributed by atoms with Crippen LogP contribution in [-0.2, 0) is 17.8 Å². The molecule has 0 atom stereocenters. The Kier molecular flexibility index (Phi) is 3.85. The number of ether oxygens (including phenoxy) is 1. The van der Waals surface area contributed by atoms with Crippen molar-refractivity contribution in [3.05, 3.63) is 36.0 Å². The van der Waals surface area contributed by atoms with Crippen LogP contribution in [0.2, 0.25) is 0 Å². The highest BCUT2D eigenvalue weighted by Gasteiger charge is 2.03. The van der Waals surface area contributed by atoms with Crippen molar-refractivity contribution in [1.29, 1.82) is 0 Å². The molecule has 0 saturated heterocycles. The van der Waals surface area contributed by atoms with Gasteiger partial charge in [-0.25, -0.2) is 0 Å². The Morgan fingerprint density at radius 1 is 1.29 bits per heavy atom. The van der Waals surface area contributed by atoms with Crippen LogP contribution in [0.3, 0.4) is 0 Å². The second-order valence-electron chi connectivity index (χ2n) is 3.72. The van der Waals surface area contributed by atoms with E-state index >= 15 is 0 Å². The number of nitrogens with zero attached hydrogens (tertiary/aromatic N) is 3. The summed E-state index contributed by atoms with van der Waals surface area (Å²) < 4.78 is 4.98. The van der Waals surface area contributed by atoms with Crippen molar-refractivity contribution in [2.24, 2.45) is 5.73 Å². The molecule has 17 heavy (non-hydrogen) atoms. The summed E-state index contributed by atoms with van der Waals surface area (Å²) >= 11 is 0. The summed E-state index contributed by atoms with van der Waals surface area (Å²) in [7, 11) is 1.66. The third kappa shape index (κ3) is 2.89. The molecule has 1 aromatic carbocycles. The van der Waals surface area contributed by atoms with E-state index in [1.165, 1.54) is 0 Å². The Hall–Kier alpha value is -1.72. The Labute approximate surface area is 100 Å². The van der Waals surface area contributed by atoms with Gasteiger partial charge in [0.25, 0.3) is 0 Å². The van der Waals surface area contributed by atoms with Crippen molar-refractivity contribution in [3.8, 4) is 11.3 Å². The normalized spacial score (nSPS) is 10.7. The fourth-order valence-corrected chi connectivity index (χ4v) is 1.52. The third-order valence-electron chi connectivity index (χ3n) is 2.52. The highest BCUT2D eigenvalue weighted by atomic mass is 16.5. The lowest BCUT2D eigenvalue weighted by atomic mass is 10.1. The number of benzene rings is 1. The molecular weight excluding hydrogens is 216 g/mol. The molecule has 0 saturated carbocycles. The SMILES string of the molecule is COCCn1ncc(-c2ccc(CN)cc2)n1. The van der Waals surface area contributed by atoms with Gasteiger partial charge in [0.2, 0.25) is 0 Å². The van der Waals surface area contributed by atoms with E-state index in [9.17, 15) is 0 Å². The van der Waals surface area contributed by atoms with E-state index in [0.717, 1.165) is 16.8 Å². The first-order chi connectivity index (χ1) is 8.33. The monoisotopic (exact) mass is 232 g/mol. The lowest BCUT2D eigenvalue weighted by Crippen LogP contribution is -2.07. The largest absolute Gasteiger partial charge is 0.383 e. The summed E-state index contributed by atoms with van der Waals surface area (Å²) in [5, 5.41) is 8.54. The zero-order valence-electron chi connectivity index (χ0n) is 9.84. The van der Waals surface area contributed by atoms with Crippen LogP contribution in [0.1, 0.15) is 5.56 Å². The second-order valence-corrected chi connectivity index (χ2v) is 3.72. The van der Waals surface area contributed by atoms with Gasteiger partial charge in [-0.1, -0.05) is 24.3 Å². The van der Waals surface area contributed by atoms with Crippen molar-refractivity contribution in [2.45, 2.75) is 13.1 Å². The van der Waals surface area contributed by atoms with Gasteiger partial charge in [0.05, 0.1) is 19.3 Å². The molecule has 2 aromatic rings. The molecule has 0 radical (unpaired) electrons. The number of rotatable bonds is 5. The van der Waals surface area contributed by atoms with Crippen molar-refractivity contribution in [3.63, 3.8) is 0 Å². The molecule has 5 heteroatoms. The van der Waals surface area contributed by atoms with E-state index in [2.05, 4.69) is 10.2 Å². The smallest absolute Gasteiger partial charge is 0.113 e. The van der Waals surface area contributed by atoms with E-state index in [-0.39, 0.29) is 0 Å². The highest BCUT2D eigenvalue weighted by Crippen LogP contribution is 2.16. The van der Waals surface area contributed by atoms with E-state index in [4.69, 9.17) is 10.5 Å². The van der Waals surface area contributed by atoms with Gasteiger partial charge in [0.15, 0.2) is 0 Å². The lowest BCUT2D eigenvalue weighted by Gasteiger charge is -1.99. The number of hydrogen-bond acceptors (Lipinski definition) is 4. The predicted molar refractivity (Wildman–Crippen MR) is 65.2 cm³/mol. The second kappa shape index (κ2) is 5.56. The zero-order chi connectivity index (χ0) is 12.1. The molecule has 5 nitrogen and oxygen atoms in total. The summed E-state index contributed by atoms with van der Waals surface area (Å²) in [6.07, 6.45) is 1.76. The van der Waals surface area contributed by atoms with Gasteiger partial charge < -0.3 is 10.5 Å². The quantitative estimate of drug-likeness (QED) is 0.836. The number of methoxy groups -OCH3 is 1. The lowest BCUT2D eigenvalue weighted by molar-refractivity contribution is 0.179. The molecule has 0 amide bonds. The molecule has 0 fully saturated rings. The molecule has 0 aliphatic heterocycles. The summed E-state index contributed by atoms with van der Waals surface area (Å²) in [5.74, 6) is 0. The summed E-state index contributed by atoms with van der Waals surface area (Å²) in [4.78, 5) is 1.63. The summed E-state index contributed by atoms with van der Waals surface area (Å²) in [6, 6.07) is 8.02. The van der Waals surface area contributed by atoms with Crippen LogP contribution in [0.25, 0.3) is 11.3 Å². The van der Waals surface area contributed by atoms with E-state index in [1.807, 2.05) is 24.3 Å². The first kappa shape index (κ1) is 11.8. The standard InChI is InChI=1S/C12H16N4O/c1-17-7-6-16-14-9-12(15-16)11-4-2-10(8-13)3-5-11/h2-5,9H,6-8,13H2,1H3. The zero-order valence-corrected chi connectivity index (χ0v) is 9.84. The Bertz CT molecular complexity index is 464. The van der Waals surface area contributed by atoms with Gasteiger partial charge in [-0.3, -0.25) is 0 Å². The van der Waals surface area contributed by atoms with Gasteiger partial charge >= 0.3 is 0 Å². The van der Waals surface area contributed by atoms with Crippen molar-refractivity contribution in [1.82, 2.24) is 15.0 Å². The van der Waals surface area contributed by atoms with E-state index in [0.29, 0.717) is 19.7 Å². The van der Waals surface area contributed by atoms with Crippen molar-refractivity contribution < 1.29 is 4.74 Å². The first-order valence-electron chi connectivity index (χ1n) is 5.52. The molecule has 1 heterocycles. The summed E-state index contributed by atoms with van der Waals surface area (Å²) in [6.45, 7) is 1.83. The molecule has 2 N–H and O–H groups in total. The maximum Gasteiger partial charge on any atom is 0.113 e. The van der Waals surface area contributed by atoms with Gasteiger partial charge in [0.1, 0.15) is 5.69 Å². The van der Waals surface area contributed by atoms with Crippen LogP contribution in [0, 0.1) is 0 Å². The number of aromatic nitrogens is 3. The molecule has 0 spiro atoms. The third-order valence-corrected chi connectivity index (χ3v) is 2.52. The molecular formula is C12H16N4O. The van der Waals surface area contributed by atoms with Gasteiger partial charge in [-0.2, -0.15) is 15.0 Å². The Morgan fingerprint density at radius 3 is 2.71 bits per heavy atom. The molecule has 90 valence electrons. The van der Waals surface area contributed by atoms with Crippen molar-refractivity contribution >= 4 is 0 Å². The number of hydrogen-bond donors (Lipinski definition) is 1. The Balaban J connectivity index is 2.12. The molecule has 0 aliphatic rings. The Morgan fingerprint density at radius 2 is 2.06 bits per heavy atom. The van der Waals surface area contributed by atoms with Crippen LogP contribution in [0.15, 0.2) is 30.5 Å². The minimum Gasteiger partial charge on any atom is -0.383 e. The maximum absolute atomic E-state index is 5.55. The fourth-order valence-electron chi connectivity index (χ4n) is 1.52. The first-order valence-corrected chi connectivity index (χ1v) is 5.52. The van der Waals surface area contributed by atoms with Gasteiger partial charge in [-0.15, -0.1) is 0 Å². The maximum atomic E-state index is 5.55. The van der Waals surface area contributed by atoms with Crippen LogP contribution in [-0.4, -0.2) is 28.7 Å². The van der Waals surface area contributed by atoms with Crippen LogP contribution < -0.4 is 5.73 Å². The average molecular weight is 232 g/mol. The minimum absolute atomic E-state index is 0.556. The van der Waals surface area contributed by atoms with Crippen LogP contribution >= 0.6 is 0 Å². The van der Waals surface area contributed by atoms with Crippen molar-refractivity contribution in [2.75, 3.05) is 13.7 Å². The van der Waals surface area contributed by atoms with Crippen LogP contribution in [0.4, 0.5) is 0 Å². The predicted octanol–water partition coefficient (Wildman–Crippen LogP) is 1.05. The van der Waals surface area contributed by atoms with E-state index < -0.39 is 0 Å². The topological polar surface area (TPSA) is 66.0 Å². The summed E-state index contributed by atoms with van der Waals surface area (Å²) in [5.41, 5.74) is 8.58. The molecule has 0 unspecified atom stereocenters. The van der Waals surface area contributed by atoms with E-state index in [1.54, 1.807) is 18.1 Å². The average Bonchev–Trinajstić information content (AvgIpc) is 2.85. The molecule has 2 rings (SSSR count). The molecule has 0 aliphatic carbocycles. The molecule has 0 bridgehead atoms.